The third-order valence-corrected chi connectivity index (χ3v) is 3.73. The first-order chi connectivity index (χ1) is 7.86. The number of rotatable bonds is 4. The van der Waals surface area contributed by atoms with Crippen LogP contribution in [-0.2, 0) is 5.41 Å². The van der Waals surface area contributed by atoms with E-state index in [0.717, 1.165) is 17.7 Å². The number of aryl methyl sites for hydroxylation is 1. The van der Waals surface area contributed by atoms with E-state index in [1.165, 1.54) is 11.1 Å². The van der Waals surface area contributed by atoms with Crippen molar-refractivity contribution in [3.8, 4) is 0 Å². The summed E-state index contributed by atoms with van der Waals surface area (Å²) in [4.78, 5) is 0. The minimum atomic E-state index is -0.323. The highest BCUT2D eigenvalue weighted by molar-refractivity contribution is 7.98. The standard InChI is InChI=1S/C15H24OS/c1-11-10-12(15(2,3)4)6-7-13(11)14(16)8-9-17-5/h6-7,10,14,16H,8-9H2,1-5H3. The topological polar surface area (TPSA) is 20.2 Å². The molecule has 0 bridgehead atoms. The van der Waals surface area contributed by atoms with Gasteiger partial charge in [-0.2, -0.15) is 11.8 Å². The van der Waals surface area contributed by atoms with Crippen molar-refractivity contribution >= 4 is 11.8 Å². The molecule has 0 aliphatic heterocycles. The fourth-order valence-electron chi connectivity index (χ4n) is 1.90. The number of benzene rings is 1. The molecule has 1 nitrogen and oxygen atoms in total. The van der Waals surface area contributed by atoms with Crippen LogP contribution in [-0.4, -0.2) is 17.1 Å². The third-order valence-electron chi connectivity index (χ3n) is 3.09. The molecule has 1 atom stereocenters. The summed E-state index contributed by atoms with van der Waals surface area (Å²) in [6.45, 7) is 8.73. The number of aliphatic hydroxyl groups is 1. The van der Waals surface area contributed by atoms with E-state index in [9.17, 15) is 5.11 Å². The summed E-state index contributed by atoms with van der Waals surface area (Å²) < 4.78 is 0. The van der Waals surface area contributed by atoms with Crippen LogP contribution >= 0.6 is 11.8 Å². The molecular formula is C15H24OS. The Labute approximate surface area is 110 Å². The maximum absolute atomic E-state index is 10.1. The molecule has 1 aromatic carbocycles. The number of aliphatic hydroxyl groups excluding tert-OH is 1. The van der Waals surface area contributed by atoms with Crippen LogP contribution in [0.2, 0.25) is 0 Å². The van der Waals surface area contributed by atoms with Gasteiger partial charge in [0.2, 0.25) is 0 Å². The molecule has 17 heavy (non-hydrogen) atoms. The largest absolute Gasteiger partial charge is 0.388 e. The Bertz CT molecular complexity index is 366. The van der Waals surface area contributed by atoms with Crippen LogP contribution in [0.3, 0.4) is 0 Å². The summed E-state index contributed by atoms with van der Waals surface area (Å²) in [7, 11) is 0. The molecule has 2 heteroatoms. The monoisotopic (exact) mass is 252 g/mol. The highest BCUT2D eigenvalue weighted by Gasteiger charge is 2.16. The van der Waals surface area contributed by atoms with Gasteiger partial charge in [-0.3, -0.25) is 0 Å². The molecule has 0 aliphatic rings. The molecule has 1 aromatic rings. The Balaban J connectivity index is 2.90. The van der Waals surface area contributed by atoms with Gasteiger partial charge >= 0.3 is 0 Å². The van der Waals surface area contributed by atoms with E-state index in [4.69, 9.17) is 0 Å². The molecule has 0 saturated heterocycles. The summed E-state index contributed by atoms with van der Waals surface area (Å²) in [6, 6.07) is 6.43. The van der Waals surface area contributed by atoms with Gasteiger partial charge in [-0.1, -0.05) is 39.0 Å². The van der Waals surface area contributed by atoms with Gasteiger partial charge in [-0.25, -0.2) is 0 Å². The highest BCUT2D eigenvalue weighted by atomic mass is 32.2. The van der Waals surface area contributed by atoms with Crippen molar-refractivity contribution in [2.75, 3.05) is 12.0 Å². The summed E-state index contributed by atoms with van der Waals surface area (Å²) in [6.07, 6.45) is 2.58. The van der Waals surface area contributed by atoms with E-state index in [1.807, 2.05) is 0 Å². The van der Waals surface area contributed by atoms with Gasteiger partial charge in [0.05, 0.1) is 6.10 Å². The van der Waals surface area contributed by atoms with Gasteiger partial charge in [0, 0.05) is 0 Å². The lowest BCUT2D eigenvalue weighted by atomic mass is 9.84. The smallest absolute Gasteiger partial charge is 0.0800 e. The van der Waals surface area contributed by atoms with Crippen LogP contribution in [0.1, 0.15) is 50.0 Å². The summed E-state index contributed by atoms with van der Waals surface area (Å²) in [5, 5.41) is 10.1. The highest BCUT2D eigenvalue weighted by Crippen LogP contribution is 2.28. The van der Waals surface area contributed by atoms with Crippen molar-refractivity contribution in [3.63, 3.8) is 0 Å². The maximum Gasteiger partial charge on any atom is 0.0800 e. The van der Waals surface area contributed by atoms with Crippen molar-refractivity contribution in [1.29, 1.82) is 0 Å². The van der Waals surface area contributed by atoms with Gasteiger partial charge in [-0.05, 0) is 47.5 Å². The van der Waals surface area contributed by atoms with Crippen LogP contribution in [0.5, 0.6) is 0 Å². The fourth-order valence-corrected chi connectivity index (χ4v) is 2.36. The lowest BCUT2D eigenvalue weighted by Crippen LogP contribution is -2.12. The minimum Gasteiger partial charge on any atom is -0.388 e. The van der Waals surface area contributed by atoms with Gasteiger partial charge in [0.15, 0.2) is 0 Å². The molecule has 0 spiro atoms. The second kappa shape index (κ2) is 5.92. The minimum absolute atomic E-state index is 0.174. The van der Waals surface area contributed by atoms with Crippen molar-refractivity contribution < 1.29 is 5.11 Å². The Hall–Kier alpha value is -0.470. The second-order valence-corrected chi connectivity index (χ2v) is 6.60. The van der Waals surface area contributed by atoms with E-state index in [-0.39, 0.29) is 11.5 Å². The van der Waals surface area contributed by atoms with Crippen molar-refractivity contribution in [1.82, 2.24) is 0 Å². The lowest BCUT2D eigenvalue weighted by Gasteiger charge is -2.22. The molecule has 1 rings (SSSR count). The molecule has 0 amide bonds. The van der Waals surface area contributed by atoms with E-state index in [0.29, 0.717) is 0 Å². The van der Waals surface area contributed by atoms with Crippen LogP contribution in [0, 0.1) is 6.92 Å². The zero-order valence-electron chi connectivity index (χ0n) is 11.6. The van der Waals surface area contributed by atoms with Gasteiger partial charge in [0.25, 0.3) is 0 Å². The Morgan fingerprint density at radius 2 is 1.94 bits per heavy atom. The summed E-state index contributed by atoms with van der Waals surface area (Å²) in [5.41, 5.74) is 3.78. The van der Waals surface area contributed by atoms with E-state index in [1.54, 1.807) is 11.8 Å². The van der Waals surface area contributed by atoms with Crippen LogP contribution in [0.25, 0.3) is 0 Å². The van der Waals surface area contributed by atoms with Gasteiger partial charge in [0.1, 0.15) is 0 Å². The molecule has 0 radical (unpaired) electrons. The van der Waals surface area contributed by atoms with Crippen LogP contribution in [0.4, 0.5) is 0 Å². The first-order valence-corrected chi connectivity index (χ1v) is 7.53. The van der Waals surface area contributed by atoms with Gasteiger partial charge in [-0.15, -0.1) is 0 Å². The van der Waals surface area contributed by atoms with Crippen molar-refractivity contribution in [2.24, 2.45) is 0 Å². The van der Waals surface area contributed by atoms with E-state index >= 15 is 0 Å². The first kappa shape index (κ1) is 14.6. The van der Waals surface area contributed by atoms with Gasteiger partial charge < -0.3 is 5.11 Å². The third kappa shape index (κ3) is 4.04. The zero-order valence-corrected chi connectivity index (χ0v) is 12.4. The fraction of sp³-hybridized carbons (Fsp3) is 0.600. The SMILES string of the molecule is CSCCC(O)c1ccc(C(C)(C)C)cc1C. The number of thioether (sulfide) groups is 1. The molecule has 0 heterocycles. The lowest BCUT2D eigenvalue weighted by molar-refractivity contribution is 0.174. The predicted molar refractivity (Wildman–Crippen MR) is 77.8 cm³/mol. The Morgan fingerprint density at radius 1 is 1.29 bits per heavy atom. The normalized spacial score (nSPS) is 13.8. The molecule has 0 fully saturated rings. The molecule has 0 aromatic heterocycles. The molecule has 96 valence electrons. The number of hydrogen-bond donors (Lipinski definition) is 1. The predicted octanol–water partition coefficient (Wildman–Crippen LogP) is 4.08. The number of hydrogen-bond acceptors (Lipinski definition) is 2. The van der Waals surface area contributed by atoms with Crippen LogP contribution in [0.15, 0.2) is 18.2 Å². The second-order valence-electron chi connectivity index (χ2n) is 5.62. The van der Waals surface area contributed by atoms with Crippen molar-refractivity contribution in [2.45, 2.75) is 45.6 Å². The average molecular weight is 252 g/mol. The first-order valence-electron chi connectivity index (χ1n) is 6.14. The maximum atomic E-state index is 10.1. The zero-order chi connectivity index (χ0) is 13.1. The summed E-state index contributed by atoms with van der Waals surface area (Å²) in [5.74, 6) is 1.00. The van der Waals surface area contributed by atoms with Crippen LogP contribution < -0.4 is 0 Å². The molecule has 1 N–H and O–H groups in total. The quantitative estimate of drug-likeness (QED) is 0.871. The molecule has 1 unspecified atom stereocenters. The Kier molecular flexibility index (Phi) is 5.08. The van der Waals surface area contributed by atoms with E-state index in [2.05, 4.69) is 52.1 Å². The van der Waals surface area contributed by atoms with E-state index < -0.39 is 0 Å². The molecule has 0 aliphatic carbocycles. The Morgan fingerprint density at radius 3 is 2.41 bits per heavy atom. The summed E-state index contributed by atoms with van der Waals surface area (Å²) >= 11 is 1.78. The molecular weight excluding hydrogens is 228 g/mol. The van der Waals surface area contributed by atoms with Crippen molar-refractivity contribution in [3.05, 3.63) is 34.9 Å². The molecule has 0 saturated carbocycles. The average Bonchev–Trinajstić information content (AvgIpc) is 2.24.